The third kappa shape index (κ3) is 4.79. The van der Waals surface area contributed by atoms with Crippen LogP contribution in [0.1, 0.15) is 5.56 Å². The summed E-state index contributed by atoms with van der Waals surface area (Å²) in [5, 5.41) is 24.2. The van der Waals surface area contributed by atoms with Gasteiger partial charge in [-0.05, 0) is 29.8 Å². The fourth-order valence-electron chi connectivity index (χ4n) is 1.75. The summed E-state index contributed by atoms with van der Waals surface area (Å²) in [7, 11) is 0. The fourth-order valence-corrected chi connectivity index (χ4v) is 1.87. The Labute approximate surface area is 136 Å². The number of aliphatic carboxylic acids is 1. The second kappa shape index (κ2) is 7.37. The van der Waals surface area contributed by atoms with Crippen LogP contribution in [-0.4, -0.2) is 21.7 Å². The van der Waals surface area contributed by atoms with Gasteiger partial charge in [0, 0.05) is 23.6 Å². The number of nitro benzene ring substituents is 1. The number of hydrogen-bond donors (Lipinski definition) is 2. The molecule has 0 spiro atoms. The zero-order valence-corrected chi connectivity index (χ0v) is 12.5. The van der Waals surface area contributed by atoms with Crippen molar-refractivity contribution in [1.82, 2.24) is 0 Å². The van der Waals surface area contributed by atoms with E-state index in [1.54, 1.807) is 24.3 Å². The predicted molar refractivity (Wildman–Crippen MR) is 86.9 cm³/mol. The van der Waals surface area contributed by atoms with Crippen molar-refractivity contribution < 1.29 is 14.8 Å². The van der Waals surface area contributed by atoms with E-state index in [0.717, 1.165) is 5.56 Å². The first kappa shape index (κ1) is 16.4. The first-order valence-electron chi connectivity index (χ1n) is 6.50. The maximum atomic E-state index is 11.2. The minimum atomic E-state index is -1.16. The van der Waals surface area contributed by atoms with Gasteiger partial charge in [0.1, 0.15) is 5.71 Å². The molecule has 0 saturated heterocycles. The molecule has 0 radical (unpaired) electrons. The first-order valence-corrected chi connectivity index (χ1v) is 6.88. The van der Waals surface area contributed by atoms with E-state index in [4.69, 9.17) is 11.6 Å². The Kier molecular flexibility index (Phi) is 5.27. The van der Waals surface area contributed by atoms with Crippen molar-refractivity contribution >= 4 is 34.7 Å². The highest BCUT2D eigenvalue weighted by atomic mass is 35.5. The van der Waals surface area contributed by atoms with Gasteiger partial charge in [0.15, 0.2) is 0 Å². The Morgan fingerprint density at radius 3 is 2.30 bits per heavy atom. The second-order valence-corrected chi connectivity index (χ2v) is 5.02. The van der Waals surface area contributed by atoms with Gasteiger partial charge in [-0.25, -0.2) is 4.79 Å². The number of non-ortho nitro benzene ring substituents is 1. The summed E-state index contributed by atoms with van der Waals surface area (Å²) < 4.78 is 0. The summed E-state index contributed by atoms with van der Waals surface area (Å²) in [5.41, 5.74) is 3.63. The molecule has 2 rings (SSSR count). The molecule has 0 aliphatic heterocycles. The molecule has 0 aliphatic rings. The van der Waals surface area contributed by atoms with Crippen LogP contribution in [0.5, 0.6) is 0 Å². The molecule has 0 aliphatic carbocycles. The molecule has 0 unspecified atom stereocenters. The second-order valence-electron chi connectivity index (χ2n) is 4.58. The molecule has 8 heteroatoms. The van der Waals surface area contributed by atoms with Crippen LogP contribution in [0.15, 0.2) is 53.6 Å². The Morgan fingerprint density at radius 2 is 1.78 bits per heavy atom. The number of hydrazone groups is 1. The summed E-state index contributed by atoms with van der Waals surface area (Å²) in [6.07, 6.45) is 0.118. The number of benzene rings is 2. The van der Waals surface area contributed by atoms with E-state index in [2.05, 4.69) is 10.5 Å². The van der Waals surface area contributed by atoms with E-state index in [1.807, 2.05) is 0 Å². The lowest BCUT2D eigenvalue weighted by Crippen LogP contribution is -2.17. The molecule has 2 aromatic rings. The number of carboxylic acid groups (broad SMARTS) is 1. The van der Waals surface area contributed by atoms with E-state index < -0.39 is 10.9 Å². The van der Waals surface area contributed by atoms with Crippen molar-refractivity contribution in [3.05, 3.63) is 69.2 Å². The van der Waals surface area contributed by atoms with Crippen LogP contribution in [0, 0.1) is 10.1 Å². The van der Waals surface area contributed by atoms with Crippen molar-refractivity contribution in [3.8, 4) is 0 Å². The van der Waals surface area contributed by atoms with Gasteiger partial charge in [-0.3, -0.25) is 15.5 Å². The number of nitrogens with one attached hydrogen (secondary N) is 1. The molecule has 0 bridgehead atoms. The fraction of sp³-hybridized carbons (Fsp3) is 0.0667. The maximum absolute atomic E-state index is 11.2. The third-order valence-electron chi connectivity index (χ3n) is 2.93. The van der Waals surface area contributed by atoms with Crippen LogP contribution in [-0.2, 0) is 11.2 Å². The van der Waals surface area contributed by atoms with Gasteiger partial charge in [-0.2, -0.15) is 5.10 Å². The average Bonchev–Trinajstić information content (AvgIpc) is 2.53. The van der Waals surface area contributed by atoms with Crippen LogP contribution in [0.2, 0.25) is 5.02 Å². The van der Waals surface area contributed by atoms with Crippen molar-refractivity contribution in [2.75, 3.05) is 5.43 Å². The van der Waals surface area contributed by atoms with Gasteiger partial charge in [-0.15, -0.1) is 0 Å². The molecule has 2 aromatic carbocycles. The van der Waals surface area contributed by atoms with Gasteiger partial charge in [0.25, 0.3) is 5.69 Å². The zero-order chi connectivity index (χ0) is 16.8. The third-order valence-corrected chi connectivity index (χ3v) is 3.18. The van der Waals surface area contributed by atoms with Crippen LogP contribution in [0.3, 0.4) is 0 Å². The first-order chi connectivity index (χ1) is 11.0. The largest absolute Gasteiger partial charge is 0.477 e. The normalized spacial score (nSPS) is 11.1. The Bertz CT molecular complexity index is 742. The highest BCUT2D eigenvalue weighted by Crippen LogP contribution is 2.15. The SMILES string of the molecule is O=C(O)C(Cc1ccc(Cl)cc1)=NNc1ccc([N+](=O)[O-])cc1. The standard InChI is InChI=1S/C15H12ClN3O4/c16-11-3-1-10(2-4-11)9-14(15(20)21)18-17-12-5-7-13(8-6-12)19(22)23/h1-8,17H,9H2,(H,20,21). The summed E-state index contributed by atoms with van der Waals surface area (Å²) in [6.45, 7) is 0. The van der Waals surface area contributed by atoms with Gasteiger partial charge in [0.2, 0.25) is 0 Å². The minimum absolute atomic E-state index is 0.0563. The smallest absolute Gasteiger partial charge is 0.352 e. The lowest BCUT2D eigenvalue weighted by atomic mass is 10.1. The highest BCUT2D eigenvalue weighted by Gasteiger charge is 2.11. The molecule has 0 heterocycles. The molecule has 0 amide bonds. The lowest BCUT2D eigenvalue weighted by Gasteiger charge is -2.04. The van der Waals surface area contributed by atoms with Crippen molar-refractivity contribution in [2.24, 2.45) is 5.10 Å². The van der Waals surface area contributed by atoms with Crippen LogP contribution < -0.4 is 5.43 Å². The van der Waals surface area contributed by atoms with E-state index >= 15 is 0 Å². The number of halogens is 1. The quantitative estimate of drug-likeness (QED) is 0.479. The monoisotopic (exact) mass is 333 g/mol. The summed E-state index contributed by atoms with van der Waals surface area (Å²) in [4.78, 5) is 21.3. The molecular weight excluding hydrogens is 322 g/mol. The summed E-state index contributed by atoms with van der Waals surface area (Å²) in [5.74, 6) is -1.16. The molecule has 0 saturated carbocycles. The van der Waals surface area contributed by atoms with E-state index in [-0.39, 0.29) is 17.8 Å². The maximum Gasteiger partial charge on any atom is 0.352 e. The van der Waals surface area contributed by atoms with Crippen LogP contribution in [0.25, 0.3) is 0 Å². The highest BCUT2D eigenvalue weighted by molar-refractivity contribution is 6.36. The van der Waals surface area contributed by atoms with Gasteiger partial charge >= 0.3 is 5.97 Å². The molecule has 0 atom stereocenters. The Hall–Kier alpha value is -2.93. The number of nitro groups is 1. The van der Waals surface area contributed by atoms with Gasteiger partial charge < -0.3 is 5.11 Å². The molecule has 23 heavy (non-hydrogen) atoms. The minimum Gasteiger partial charge on any atom is -0.477 e. The number of nitrogens with zero attached hydrogens (tertiary/aromatic N) is 2. The molecule has 2 N–H and O–H groups in total. The predicted octanol–water partition coefficient (Wildman–Crippen LogP) is 3.34. The van der Waals surface area contributed by atoms with E-state index in [9.17, 15) is 20.0 Å². The van der Waals surface area contributed by atoms with Gasteiger partial charge in [0.05, 0.1) is 10.6 Å². The summed E-state index contributed by atoms with van der Waals surface area (Å²) >= 11 is 5.78. The molecule has 118 valence electrons. The molecule has 0 aromatic heterocycles. The number of hydrogen-bond acceptors (Lipinski definition) is 5. The average molecular weight is 334 g/mol. The number of carbonyl (C=O) groups is 1. The number of rotatable bonds is 6. The Morgan fingerprint density at radius 1 is 1.17 bits per heavy atom. The topological polar surface area (TPSA) is 105 Å². The summed E-state index contributed by atoms with van der Waals surface area (Å²) in [6, 6.07) is 12.3. The van der Waals surface area contributed by atoms with Crippen LogP contribution >= 0.6 is 11.6 Å². The van der Waals surface area contributed by atoms with Crippen molar-refractivity contribution in [2.45, 2.75) is 6.42 Å². The van der Waals surface area contributed by atoms with Gasteiger partial charge in [-0.1, -0.05) is 23.7 Å². The van der Waals surface area contributed by atoms with Crippen molar-refractivity contribution in [3.63, 3.8) is 0 Å². The van der Waals surface area contributed by atoms with E-state index in [0.29, 0.717) is 10.7 Å². The molecule has 7 nitrogen and oxygen atoms in total. The molecular formula is C15H12ClN3O4. The molecule has 0 fully saturated rings. The van der Waals surface area contributed by atoms with Crippen LogP contribution in [0.4, 0.5) is 11.4 Å². The number of anilines is 1. The Balaban J connectivity index is 2.10. The lowest BCUT2D eigenvalue weighted by molar-refractivity contribution is -0.384. The van der Waals surface area contributed by atoms with E-state index in [1.165, 1.54) is 24.3 Å². The van der Waals surface area contributed by atoms with Crippen molar-refractivity contribution in [1.29, 1.82) is 0 Å². The zero-order valence-electron chi connectivity index (χ0n) is 11.8. The number of carboxylic acids is 1.